The number of fused-ring (bicyclic) bond motifs is 1. The molecule has 5 atom stereocenters. The Labute approximate surface area is 151 Å². The van der Waals surface area contributed by atoms with Crippen molar-refractivity contribution in [1.29, 1.82) is 0 Å². The second-order valence-electron chi connectivity index (χ2n) is 7.35. The van der Waals surface area contributed by atoms with E-state index in [1.165, 1.54) is 12.4 Å². The molecule has 3 aliphatic heterocycles. The molecule has 4 heterocycles. The summed E-state index contributed by atoms with van der Waals surface area (Å²) >= 11 is 0. The Kier molecular flexibility index (Phi) is 4.19. The van der Waals surface area contributed by atoms with E-state index in [0.29, 0.717) is 0 Å². The van der Waals surface area contributed by atoms with Crippen LogP contribution in [0.3, 0.4) is 0 Å². The van der Waals surface area contributed by atoms with Gasteiger partial charge in [-0.1, -0.05) is 0 Å². The molecular formula is C15H22N2O8S. The van der Waals surface area contributed by atoms with Crippen LogP contribution in [0.2, 0.25) is 0 Å². The Hall–Kier alpha value is -1.08. The van der Waals surface area contributed by atoms with Crippen molar-refractivity contribution in [1.82, 2.24) is 8.96 Å². The summed E-state index contributed by atoms with van der Waals surface area (Å²) in [4.78, 5) is 3.74. The van der Waals surface area contributed by atoms with Gasteiger partial charge in [-0.2, -0.15) is 8.42 Å². The lowest BCUT2D eigenvalue weighted by atomic mass is 10.1. The summed E-state index contributed by atoms with van der Waals surface area (Å²) in [7, 11) is -4.13. The van der Waals surface area contributed by atoms with Gasteiger partial charge in [0.05, 0.1) is 6.61 Å². The summed E-state index contributed by atoms with van der Waals surface area (Å²) < 4.78 is 60.3. The molecule has 0 radical (unpaired) electrons. The molecule has 0 saturated carbocycles. The van der Waals surface area contributed by atoms with E-state index in [1.807, 2.05) is 0 Å². The van der Waals surface area contributed by atoms with Crippen LogP contribution in [0.15, 0.2) is 18.7 Å². The van der Waals surface area contributed by atoms with E-state index in [2.05, 4.69) is 4.98 Å². The minimum absolute atomic E-state index is 0.242. The fourth-order valence-corrected chi connectivity index (χ4v) is 4.33. The third kappa shape index (κ3) is 3.28. The summed E-state index contributed by atoms with van der Waals surface area (Å²) in [5.41, 5.74) is 0. The van der Waals surface area contributed by atoms with E-state index in [4.69, 9.17) is 27.9 Å². The lowest BCUT2D eigenvalue weighted by molar-refractivity contribution is -0.230. The van der Waals surface area contributed by atoms with Crippen LogP contribution in [0.1, 0.15) is 27.7 Å². The van der Waals surface area contributed by atoms with Crippen molar-refractivity contribution in [3.05, 3.63) is 18.7 Å². The maximum atomic E-state index is 12.6. The quantitative estimate of drug-likeness (QED) is 0.721. The van der Waals surface area contributed by atoms with Crippen molar-refractivity contribution in [2.75, 3.05) is 6.61 Å². The van der Waals surface area contributed by atoms with E-state index in [1.54, 1.807) is 27.7 Å². The Morgan fingerprint density at radius 2 is 1.88 bits per heavy atom. The first kappa shape index (κ1) is 18.3. The molecule has 0 spiro atoms. The van der Waals surface area contributed by atoms with Crippen molar-refractivity contribution >= 4 is 10.3 Å². The second-order valence-corrected chi connectivity index (χ2v) is 8.82. The molecule has 1 unspecified atom stereocenters. The van der Waals surface area contributed by atoms with E-state index in [-0.39, 0.29) is 6.61 Å². The summed E-state index contributed by atoms with van der Waals surface area (Å²) in [5, 5.41) is 0. The highest BCUT2D eigenvalue weighted by atomic mass is 32.2. The van der Waals surface area contributed by atoms with Gasteiger partial charge in [0, 0.05) is 12.4 Å². The lowest BCUT2D eigenvalue weighted by Gasteiger charge is -2.28. The van der Waals surface area contributed by atoms with Gasteiger partial charge in [0.2, 0.25) is 0 Å². The number of hydrogen-bond donors (Lipinski definition) is 0. The molecule has 26 heavy (non-hydrogen) atoms. The Morgan fingerprint density at radius 3 is 2.50 bits per heavy atom. The van der Waals surface area contributed by atoms with Gasteiger partial charge in [0.15, 0.2) is 17.9 Å². The summed E-state index contributed by atoms with van der Waals surface area (Å²) in [6.07, 6.45) is 0.0800. The number of hydrogen-bond acceptors (Lipinski definition) is 9. The maximum Gasteiger partial charge on any atom is 0.367 e. The Bertz CT molecular complexity index is 763. The molecule has 0 amide bonds. The summed E-state index contributed by atoms with van der Waals surface area (Å²) in [6.45, 7) is 7.24. The molecule has 1 aromatic rings. The zero-order valence-corrected chi connectivity index (χ0v) is 15.7. The molecule has 3 aliphatic rings. The van der Waals surface area contributed by atoms with Crippen molar-refractivity contribution in [3.8, 4) is 0 Å². The van der Waals surface area contributed by atoms with Gasteiger partial charge in [-0.25, -0.2) is 13.1 Å². The largest absolute Gasteiger partial charge is 0.367 e. The van der Waals surface area contributed by atoms with E-state index in [0.717, 1.165) is 10.3 Å². The number of nitrogens with zero attached hydrogens (tertiary/aromatic N) is 2. The standard InChI is InChI=1S/C15H22N2O8S/c1-14(2)20-7-9(22-14)10-11(12-13(21-10)24-15(3,4)23-12)25-26(18,19)17-6-5-16-8-17/h5-6,8-13H,7H2,1-4H3/t9-,10-,11?,12-,13-/m1/s1. The van der Waals surface area contributed by atoms with Crippen LogP contribution in [0.5, 0.6) is 0 Å². The average Bonchev–Trinajstić information content (AvgIpc) is 3.24. The molecule has 10 nitrogen and oxygen atoms in total. The van der Waals surface area contributed by atoms with Crippen LogP contribution in [0.4, 0.5) is 0 Å². The van der Waals surface area contributed by atoms with Crippen LogP contribution >= 0.6 is 0 Å². The first-order valence-electron chi connectivity index (χ1n) is 8.31. The van der Waals surface area contributed by atoms with Gasteiger partial charge >= 0.3 is 10.3 Å². The first-order chi connectivity index (χ1) is 12.1. The Balaban J connectivity index is 1.60. The highest BCUT2D eigenvalue weighted by Gasteiger charge is 2.60. The van der Waals surface area contributed by atoms with Gasteiger partial charge in [-0.05, 0) is 27.7 Å². The molecule has 4 rings (SSSR count). The van der Waals surface area contributed by atoms with Gasteiger partial charge in [-0.15, -0.1) is 0 Å². The molecule has 3 fully saturated rings. The predicted octanol–water partition coefficient (Wildman–Crippen LogP) is 0.389. The highest BCUT2D eigenvalue weighted by molar-refractivity contribution is 7.85. The fraction of sp³-hybridized carbons (Fsp3) is 0.800. The zero-order chi connectivity index (χ0) is 18.7. The predicted molar refractivity (Wildman–Crippen MR) is 85.0 cm³/mol. The molecule has 0 bridgehead atoms. The third-order valence-electron chi connectivity index (χ3n) is 4.39. The minimum atomic E-state index is -4.13. The maximum absolute atomic E-state index is 12.6. The molecule has 1 aromatic heterocycles. The van der Waals surface area contributed by atoms with Gasteiger partial charge in [0.25, 0.3) is 0 Å². The lowest BCUT2D eigenvalue weighted by Crippen LogP contribution is -2.45. The Morgan fingerprint density at radius 1 is 1.12 bits per heavy atom. The number of rotatable bonds is 4. The number of aromatic nitrogens is 2. The second kappa shape index (κ2) is 5.96. The van der Waals surface area contributed by atoms with Gasteiger partial charge in [-0.3, -0.25) is 0 Å². The number of ether oxygens (including phenoxy) is 5. The van der Waals surface area contributed by atoms with Crippen LogP contribution < -0.4 is 0 Å². The van der Waals surface area contributed by atoms with Gasteiger partial charge in [0.1, 0.15) is 30.7 Å². The average molecular weight is 390 g/mol. The smallest absolute Gasteiger partial charge is 0.348 e. The van der Waals surface area contributed by atoms with E-state index >= 15 is 0 Å². The molecule has 11 heteroatoms. The molecule has 0 aromatic carbocycles. The SMILES string of the molecule is CC1(C)O[C@H]2O[C@H]([C@H]3COC(C)(C)O3)C(OS(=O)(=O)n3ccnc3)[C@H]2O1. The minimum Gasteiger partial charge on any atom is -0.348 e. The normalized spacial score (nSPS) is 38.5. The third-order valence-corrected chi connectivity index (χ3v) is 5.59. The van der Waals surface area contributed by atoms with Crippen LogP contribution in [-0.4, -0.2) is 66.3 Å². The van der Waals surface area contributed by atoms with Crippen molar-refractivity contribution < 1.29 is 36.3 Å². The monoisotopic (exact) mass is 390 g/mol. The van der Waals surface area contributed by atoms with Crippen molar-refractivity contribution in [3.63, 3.8) is 0 Å². The molecule has 3 saturated heterocycles. The highest BCUT2D eigenvalue weighted by Crippen LogP contribution is 2.42. The number of imidazole rings is 1. The van der Waals surface area contributed by atoms with Crippen LogP contribution in [0.25, 0.3) is 0 Å². The molecule has 146 valence electrons. The van der Waals surface area contributed by atoms with E-state index < -0.39 is 52.6 Å². The molecule has 0 N–H and O–H groups in total. The molecular weight excluding hydrogens is 368 g/mol. The first-order valence-corrected chi connectivity index (χ1v) is 9.67. The summed E-state index contributed by atoms with van der Waals surface area (Å²) in [6, 6.07) is 0. The van der Waals surface area contributed by atoms with Crippen LogP contribution in [0, 0.1) is 0 Å². The topological polar surface area (TPSA) is 107 Å². The molecule has 0 aliphatic carbocycles. The van der Waals surface area contributed by atoms with Gasteiger partial charge < -0.3 is 23.7 Å². The zero-order valence-electron chi connectivity index (χ0n) is 14.9. The van der Waals surface area contributed by atoms with E-state index in [9.17, 15) is 8.42 Å². The van der Waals surface area contributed by atoms with Crippen LogP contribution in [-0.2, 0) is 38.2 Å². The van der Waals surface area contributed by atoms with Crippen molar-refractivity contribution in [2.24, 2.45) is 0 Å². The van der Waals surface area contributed by atoms with Crippen molar-refractivity contribution in [2.45, 2.75) is 70.0 Å². The fourth-order valence-electron chi connectivity index (χ4n) is 3.36. The summed E-state index contributed by atoms with van der Waals surface area (Å²) in [5.74, 6) is -1.70.